The minimum Gasteiger partial charge on any atom is -0.465 e. The van der Waals surface area contributed by atoms with Gasteiger partial charge in [0.25, 0.3) is 0 Å². The SMILES string of the molecule is COC(=O)c1c(N)cc(NC2CCCC2)c(F)c1F. The van der Waals surface area contributed by atoms with Gasteiger partial charge >= 0.3 is 5.97 Å². The van der Waals surface area contributed by atoms with Crippen molar-refractivity contribution in [2.45, 2.75) is 31.7 Å². The number of nitrogens with two attached hydrogens (primary N) is 1. The molecule has 2 rings (SSSR count). The summed E-state index contributed by atoms with van der Waals surface area (Å²) < 4.78 is 32.1. The lowest BCUT2D eigenvalue weighted by molar-refractivity contribution is 0.0595. The van der Waals surface area contributed by atoms with Crippen LogP contribution in [0.2, 0.25) is 0 Å². The van der Waals surface area contributed by atoms with Crippen molar-refractivity contribution in [1.82, 2.24) is 0 Å². The molecule has 0 spiro atoms. The van der Waals surface area contributed by atoms with Crippen molar-refractivity contribution in [3.8, 4) is 0 Å². The van der Waals surface area contributed by atoms with Gasteiger partial charge < -0.3 is 15.8 Å². The molecule has 0 atom stereocenters. The molecule has 0 heterocycles. The number of nitrogens with one attached hydrogen (secondary N) is 1. The number of nitrogen functional groups attached to an aromatic ring is 1. The number of ether oxygens (including phenoxy) is 1. The van der Waals surface area contributed by atoms with Crippen molar-refractivity contribution >= 4 is 17.3 Å². The van der Waals surface area contributed by atoms with Crippen molar-refractivity contribution < 1.29 is 18.3 Å². The van der Waals surface area contributed by atoms with Crippen LogP contribution >= 0.6 is 0 Å². The van der Waals surface area contributed by atoms with Crippen LogP contribution in [0.4, 0.5) is 20.2 Å². The summed E-state index contributed by atoms with van der Waals surface area (Å²) in [6.07, 6.45) is 3.97. The number of hydrogen-bond donors (Lipinski definition) is 2. The second kappa shape index (κ2) is 5.42. The number of rotatable bonds is 3. The first kappa shape index (κ1) is 13.6. The van der Waals surface area contributed by atoms with E-state index in [1.54, 1.807) is 0 Å². The Labute approximate surface area is 109 Å². The van der Waals surface area contributed by atoms with Gasteiger partial charge in [-0.2, -0.15) is 0 Å². The third-order valence-electron chi connectivity index (χ3n) is 3.34. The standard InChI is InChI=1S/C13H16F2N2O2/c1-19-13(18)10-8(16)6-9(11(14)12(10)15)17-7-4-2-3-5-7/h6-7,17H,2-5,16H2,1H3. The Morgan fingerprint density at radius 3 is 2.58 bits per heavy atom. The van der Waals surface area contributed by atoms with E-state index in [9.17, 15) is 13.6 Å². The number of methoxy groups -OCH3 is 1. The molecule has 3 N–H and O–H groups in total. The van der Waals surface area contributed by atoms with Crippen LogP contribution in [0.5, 0.6) is 0 Å². The molecule has 104 valence electrons. The highest BCUT2D eigenvalue weighted by atomic mass is 19.2. The molecule has 0 unspecified atom stereocenters. The third-order valence-corrected chi connectivity index (χ3v) is 3.34. The van der Waals surface area contributed by atoms with E-state index in [-0.39, 0.29) is 17.4 Å². The zero-order valence-electron chi connectivity index (χ0n) is 10.6. The Morgan fingerprint density at radius 1 is 1.37 bits per heavy atom. The Bertz CT molecular complexity index is 500. The van der Waals surface area contributed by atoms with E-state index >= 15 is 0 Å². The fourth-order valence-electron chi connectivity index (χ4n) is 2.35. The van der Waals surface area contributed by atoms with Crippen LogP contribution in [-0.4, -0.2) is 19.1 Å². The number of carbonyl (C=O) groups excluding carboxylic acids is 1. The van der Waals surface area contributed by atoms with Crippen LogP contribution in [0.1, 0.15) is 36.0 Å². The van der Waals surface area contributed by atoms with Gasteiger partial charge in [-0.05, 0) is 18.9 Å². The largest absolute Gasteiger partial charge is 0.465 e. The number of carbonyl (C=O) groups is 1. The quantitative estimate of drug-likeness (QED) is 0.654. The monoisotopic (exact) mass is 270 g/mol. The average Bonchev–Trinajstić information content (AvgIpc) is 2.88. The van der Waals surface area contributed by atoms with Gasteiger partial charge in [0.15, 0.2) is 11.6 Å². The molecule has 0 bridgehead atoms. The first-order valence-corrected chi connectivity index (χ1v) is 6.17. The molecule has 0 aliphatic heterocycles. The summed E-state index contributed by atoms with van der Waals surface area (Å²) in [5.74, 6) is -3.35. The van der Waals surface area contributed by atoms with E-state index < -0.39 is 23.2 Å². The lowest BCUT2D eigenvalue weighted by Gasteiger charge is -2.16. The zero-order chi connectivity index (χ0) is 14.0. The van der Waals surface area contributed by atoms with Gasteiger partial charge in [0, 0.05) is 6.04 Å². The molecule has 0 radical (unpaired) electrons. The highest BCUT2D eigenvalue weighted by molar-refractivity contribution is 5.96. The Kier molecular flexibility index (Phi) is 3.87. The minimum absolute atomic E-state index is 0.00504. The smallest absolute Gasteiger partial charge is 0.343 e. The summed E-state index contributed by atoms with van der Waals surface area (Å²) in [5.41, 5.74) is 4.90. The Balaban J connectivity index is 2.33. The summed E-state index contributed by atoms with van der Waals surface area (Å²) in [6, 6.07) is 1.36. The summed E-state index contributed by atoms with van der Waals surface area (Å²) in [6.45, 7) is 0. The van der Waals surface area contributed by atoms with E-state index in [4.69, 9.17) is 5.73 Å². The van der Waals surface area contributed by atoms with Crippen molar-refractivity contribution in [3.05, 3.63) is 23.3 Å². The van der Waals surface area contributed by atoms with Crippen LogP contribution in [0.25, 0.3) is 0 Å². The molecule has 0 saturated heterocycles. The predicted molar refractivity (Wildman–Crippen MR) is 68.0 cm³/mol. The summed E-state index contributed by atoms with van der Waals surface area (Å²) >= 11 is 0. The van der Waals surface area contributed by atoms with Gasteiger partial charge in [-0.25, -0.2) is 13.6 Å². The van der Waals surface area contributed by atoms with E-state index in [2.05, 4.69) is 10.1 Å². The predicted octanol–water partition coefficient (Wildman–Crippen LogP) is 2.69. The number of anilines is 2. The van der Waals surface area contributed by atoms with E-state index in [1.165, 1.54) is 6.07 Å². The second-order valence-corrected chi connectivity index (χ2v) is 4.63. The van der Waals surface area contributed by atoms with Crippen LogP contribution in [0.3, 0.4) is 0 Å². The van der Waals surface area contributed by atoms with Crippen molar-refractivity contribution in [1.29, 1.82) is 0 Å². The minimum atomic E-state index is -1.27. The highest BCUT2D eigenvalue weighted by Crippen LogP contribution is 2.30. The fourth-order valence-corrected chi connectivity index (χ4v) is 2.35. The molecule has 19 heavy (non-hydrogen) atoms. The van der Waals surface area contributed by atoms with Gasteiger partial charge in [-0.15, -0.1) is 0 Å². The van der Waals surface area contributed by atoms with Crippen LogP contribution < -0.4 is 11.1 Å². The van der Waals surface area contributed by atoms with E-state index in [1.807, 2.05) is 0 Å². The second-order valence-electron chi connectivity index (χ2n) is 4.63. The average molecular weight is 270 g/mol. The molecule has 6 heteroatoms. The van der Waals surface area contributed by atoms with Crippen LogP contribution in [0, 0.1) is 11.6 Å². The molecule has 4 nitrogen and oxygen atoms in total. The van der Waals surface area contributed by atoms with Crippen molar-refractivity contribution in [3.63, 3.8) is 0 Å². The lowest BCUT2D eigenvalue weighted by atomic mass is 10.1. The molecular formula is C13H16F2N2O2. The van der Waals surface area contributed by atoms with Gasteiger partial charge in [0.2, 0.25) is 0 Å². The maximum absolute atomic E-state index is 13.9. The molecule has 0 amide bonds. The summed E-state index contributed by atoms with van der Waals surface area (Å²) in [5, 5.41) is 2.93. The Morgan fingerprint density at radius 2 is 2.00 bits per heavy atom. The van der Waals surface area contributed by atoms with Gasteiger partial charge in [0.05, 0.1) is 18.5 Å². The maximum Gasteiger partial charge on any atom is 0.343 e. The van der Waals surface area contributed by atoms with Crippen molar-refractivity contribution in [2.75, 3.05) is 18.2 Å². The number of esters is 1. The van der Waals surface area contributed by atoms with Crippen LogP contribution in [-0.2, 0) is 4.74 Å². The van der Waals surface area contributed by atoms with Crippen molar-refractivity contribution in [2.24, 2.45) is 0 Å². The molecule has 1 aliphatic carbocycles. The Hall–Kier alpha value is -1.85. The molecule has 1 saturated carbocycles. The molecule has 1 aromatic carbocycles. The first-order valence-electron chi connectivity index (χ1n) is 6.17. The van der Waals surface area contributed by atoms with E-state index in [0.29, 0.717) is 0 Å². The number of hydrogen-bond acceptors (Lipinski definition) is 4. The van der Waals surface area contributed by atoms with E-state index in [0.717, 1.165) is 32.8 Å². The molecule has 0 aromatic heterocycles. The maximum atomic E-state index is 13.9. The number of benzene rings is 1. The first-order chi connectivity index (χ1) is 9.04. The normalized spacial score (nSPS) is 15.5. The summed E-state index contributed by atoms with van der Waals surface area (Å²) in [4.78, 5) is 11.3. The fraction of sp³-hybridized carbons (Fsp3) is 0.462. The molecule has 1 fully saturated rings. The summed E-state index contributed by atoms with van der Waals surface area (Å²) in [7, 11) is 1.09. The van der Waals surface area contributed by atoms with Crippen LogP contribution in [0.15, 0.2) is 6.07 Å². The molecule has 1 aliphatic rings. The molecule has 1 aromatic rings. The van der Waals surface area contributed by atoms with Gasteiger partial charge in [-0.3, -0.25) is 0 Å². The van der Waals surface area contributed by atoms with Gasteiger partial charge in [0.1, 0.15) is 5.56 Å². The molecular weight excluding hydrogens is 254 g/mol. The number of halogens is 2. The topological polar surface area (TPSA) is 64.3 Å². The highest BCUT2D eigenvalue weighted by Gasteiger charge is 2.24. The lowest BCUT2D eigenvalue weighted by Crippen LogP contribution is -2.18. The third kappa shape index (κ3) is 2.62. The zero-order valence-corrected chi connectivity index (χ0v) is 10.6. The van der Waals surface area contributed by atoms with Gasteiger partial charge in [-0.1, -0.05) is 12.8 Å².